The number of nitrogens with one attached hydrogen (secondary N) is 1. The van der Waals surface area contributed by atoms with Crippen LogP contribution in [0.15, 0.2) is 79.4 Å². The lowest BCUT2D eigenvalue weighted by Crippen LogP contribution is -2.06. The van der Waals surface area contributed by atoms with Crippen LogP contribution in [0.5, 0.6) is 0 Å². The summed E-state index contributed by atoms with van der Waals surface area (Å²) in [6.45, 7) is 0.616. The lowest BCUT2D eigenvalue weighted by Gasteiger charge is -2.08. The Balaban J connectivity index is 1.57. The highest BCUT2D eigenvalue weighted by atomic mass is 15.3. The van der Waals surface area contributed by atoms with Gasteiger partial charge in [-0.05, 0) is 24.3 Å². The number of benzene rings is 1. The fourth-order valence-corrected chi connectivity index (χ4v) is 3.22. The molecule has 6 heteroatoms. The Morgan fingerprint density at radius 1 is 0.778 bits per heavy atom. The average molecular weight is 352 g/mol. The third kappa shape index (κ3) is 2.77. The van der Waals surface area contributed by atoms with Crippen molar-refractivity contribution in [1.82, 2.24) is 24.6 Å². The van der Waals surface area contributed by atoms with Gasteiger partial charge in [0.2, 0.25) is 0 Å². The summed E-state index contributed by atoms with van der Waals surface area (Å²) < 4.78 is 1.82. The predicted octanol–water partition coefficient (Wildman–Crippen LogP) is 3.95. The van der Waals surface area contributed by atoms with Crippen molar-refractivity contribution in [2.75, 3.05) is 5.32 Å². The van der Waals surface area contributed by atoms with Crippen LogP contribution in [0.3, 0.4) is 0 Å². The quantitative estimate of drug-likeness (QED) is 0.530. The van der Waals surface area contributed by atoms with Crippen LogP contribution >= 0.6 is 0 Å². The van der Waals surface area contributed by atoms with Gasteiger partial charge in [-0.25, -0.2) is 4.98 Å². The summed E-state index contributed by atoms with van der Waals surface area (Å²) in [4.78, 5) is 13.5. The molecule has 0 saturated carbocycles. The van der Waals surface area contributed by atoms with Gasteiger partial charge < -0.3 is 5.32 Å². The highest BCUT2D eigenvalue weighted by Crippen LogP contribution is 2.30. The predicted molar refractivity (Wildman–Crippen MR) is 105 cm³/mol. The van der Waals surface area contributed by atoms with Crippen molar-refractivity contribution in [2.45, 2.75) is 6.54 Å². The number of aromatic nitrogens is 5. The van der Waals surface area contributed by atoms with E-state index in [4.69, 9.17) is 0 Å². The molecule has 5 aromatic rings. The number of anilines is 1. The van der Waals surface area contributed by atoms with Gasteiger partial charge in [0.25, 0.3) is 0 Å². The Bertz CT molecular complexity index is 1220. The van der Waals surface area contributed by atoms with Crippen molar-refractivity contribution in [1.29, 1.82) is 0 Å². The highest BCUT2D eigenvalue weighted by molar-refractivity contribution is 5.96. The van der Waals surface area contributed by atoms with Gasteiger partial charge in [-0.1, -0.05) is 30.3 Å². The van der Waals surface area contributed by atoms with Gasteiger partial charge in [0.1, 0.15) is 5.82 Å². The molecule has 130 valence electrons. The van der Waals surface area contributed by atoms with E-state index in [1.165, 1.54) is 0 Å². The topological polar surface area (TPSA) is 68.0 Å². The largest absolute Gasteiger partial charge is 0.364 e. The molecular weight excluding hydrogens is 336 g/mol. The van der Waals surface area contributed by atoms with Crippen LogP contribution in [0.2, 0.25) is 0 Å². The van der Waals surface area contributed by atoms with Gasteiger partial charge in [0.05, 0.1) is 24.0 Å². The molecule has 0 spiro atoms. The number of pyridine rings is 2. The first kappa shape index (κ1) is 15.5. The van der Waals surface area contributed by atoms with Crippen LogP contribution in [-0.4, -0.2) is 24.6 Å². The smallest absolute Gasteiger partial charge is 0.165 e. The molecule has 0 unspecified atom stereocenters. The Kier molecular flexibility index (Phi) is 3.72. The van der Waals surface area contributed by atoms with Crippen LogP contribution in [0.25, 0.3) is 27.7 Å². The summed E-state index contributed by atoms with van der Waals surface area (Å²) in [5.74, 6) is 0.866. The molecule has 0 aliphatic rings. The third-order valence-corrected chi connectivity index (χ3v) is 4.50. The molecule has 0 atom stereocenters. The monoisotopic (exact) mass is 352 g/mol. The summed E-state index contributed by atoms with van der Waals surface area (Å²) in [5.41, 5.74) is 4.69. The molecule has 27 heavy (non-hydrogen) atoms. The summed E-state index contributed by atoms with van der Waals surface area (Å²) in [6, 6.07) is 17.9. The zero-order valence-corrected chi connectivity index (χ0v) is 14.4. The number of fused-ring (bicyclic) bond motifs is 2. The van der Waals surface area contributed by atoms with Gasteiger partial charge in [-0.2, -0.15) is 9.61 Å². The molecule has 0 radical (unpaired) electrons. The average Bonchev–Trinajstić information content (AvgIpc) is 3.17. The van der Waals surface area contributed by atoms with Crippen LogP contribution in [0, 0.1) is 0 Å². The summed E-state index contributed by atoms with van der Waals surface area (Å²) in [7, 11) is 0. The molecule has 1 aromatic carbocycles. The minimum absolute atomic E-state index is 0.616. The van der Waals surface area contributed by atoms with Crippen molar-refractivity contribution in [3.63, 3.8) is 0 Å². The Hall–Kier alpha value is -3.80. The van der Waals surface area contributed by atoms with Crippen molar-refractivity contribution in [3.05, 3.63) is 85.1 Å². The lowest BCUT2D eigenvalue weighted by molar-refractivity contribution is 0.917. The Morgan fingerprint density at radius 3 is 2.63 bits per heavy atom. The standard InChI is InChI=1S/C21H16N6/c1-2-10-22-16(7-1)13-25-19-9-12-24-21-18(14-26-27(19)21)17-8-3-5-15-6-4-11-23-20(15)17/h1-12,14,25H,13H2. The number of nitrogens with zero attached hydrogens (tertiary/aromatic N) is 5. The first-order valence-electron chi connectivity index (χ1n) is 8.71. The van der Waals surface area contributed by atoms with Gasteiger partial charge in [0.15, 0.2) is 5.65 Å². The first-order chi connectivity index (χ1) is 13.4. The summed E-state index contributed by atoms with van der Waals surface area (Å²) >= 11 is 0. The second-order valence-corrected chi connectivity index (χ2v) is 6.18. The van der Waals surface area contributed by atoms with Crippen LogP contribution in [0.1, 0.15) is 5.69 Å². The van der Waals surface area contributed by atoms with E-state index in [2.05, 4.69) is 43.6 Å². The first-order valence-corrected chi connectivity index (χ1v) is 8.71. The number of para-hydroxylation sites is 1. The van der Waals surface area contributed by atoms with Crippen LogP contribution in [0.4, 0.5) is 5.82 Å². The minimum Gasteiger partial charge on any atom is -0.364 e. The molecule has 6 nitrogen and oxygen atoms in total. The maximum Gasteiger partial charge on any atom is 0.165 e. The van der Waals surface area contributed by atoms with E-state index in [9.17, 15) is 0 Å². The van der Waals surface area contributed by atoms with Crippen molar-refractivity contribution < 1.29 is 0 Å². The summed E-state index contributed by atoms with van der Waals surface area (Å²) in [6.07, 6.45) is 7.24. The number of hydrogen-bond acceptors (Lipinski definition) is 5. The molecule has 0 aliphatic heterocycles. The molecule has 4 heterocycles. The van der Waals surface area contributed by atoms with E-state index >= 15 is 0 Å². The second-order valence-electron chi connectivity index (χ2n) is 6.18. The van der Waals surface area contributed by atoms with Crippen molar-refractivity contribution in [3.8, 4) is 11.1 Å². The fraction of sp³-hybridized carbons (Fsp3) is 0.0476. The van der Waals surface area contributed by atoms with Gasteiger partial charge in [-0.15, -0.1) is 0 Å². The van der Waals surface area contributed by atoms with Crippen molar-refractivity contribution in [2.24, 2.45) is 0 Å². The molecule has 0 bridgehead atoms. The third-order valence-electron chi connectivity index (χ3n) is 4.50. The highest BCUT2D eigenvalue weighted by Gasteiger charge is 2.13. The normalized spacial score (nSPS) is 11.1. The maximum atomic E-state index is 4.56. The molecule has 0 amide bonds. The minimum atomic E-state index is 0.616. The van der Waals surface area contributed by atoms with E-state index in [0.717, 1.165) is 39.2 Å². The van der Waals surface area contributed by atoms with E-state index in [1.807, 2.05) is 53.3 Å². The number of rotatable bonds is 4. The summed E-state index contributed by atoms with van der Waals surface area (Å²) in [5, 5.41) is 9.04. The maximum absolute atomic E-state index is 4.56. The Labute approximate surface area is 155 Å². The van der Waals surface area contributed by atoms with Crippen molar-refractivity contribution >= 4 is 22.4 Å². The van der Waals surface area contributed by atoms with Gasteiger partial charge in [-0.3, -0.25) is 9.97 Å². The zero-order valence-electron chi connectivity index (χ0n) is 14.4. The molecule has 1 N–H and O–H groups in total. The lowest BCUT2D eigenvalue weighted by atomic mass is 10.0. The molecular formula is C21H16N6. The Morgan fingerprint density at radius 2 is 1.70 bits per heavy atom. The van der Waals surface area contributed by atoms with E-state index in [-0.39, 0.29) is 0 Å². The fourth-order valence-electron chi connectivity index (χ4n) is 3.22. The number of hydrogen-bond donors (Lipinski definition) is 1. The van der Waals surface area contributed by atoms with Gasteiger partial charge >= 0.3 is 0 Å². The van der Waals surface area contributed by atoms with E-state index in [1.54, 1.807) is 12.4 Å². The second kappa shape index (κ2) is 6.49. The molecule has 0 fully saturated rings. The molecule has 0 aliphatic carbocycles. The van der Waals surface area contributed by atoms with Gasteiger partial charge in [0, 0.05) is 35.1 Å². The molecule has 0 saturated heterocycles. The van der Waals surface area contributed by atoms with Crippen LogP contribution in [-0.2, 0) is 6.54 Å². The SMILES string of the molecule is c1ccc(CNc2ccnc3c(-c4cccc5cccnc45)cnn23)nc1. The van der Waals surface area contributed by atoms with Crippen LogP contribution < -0.4 is 5.32 Å². The van der Waals surface area contributed by atoms with E-state index < -0.39 is 0 Å². The molecule has 5 rings (SSSR count). The zero-order chi connectivity index (χ0) is 18.1. The molecule has 4 aromatic heterocycles. The van der Waals surface area contributed by atoms with E-state index in [0.29, 0.717) is 6.54 Å².